The van der Waals surface area contributed by atoms with Crippen LogP contribution in [-0.4, -0.2) is 24.4 Å². The smallest absolute Gasteiger partial charge is 0.390 e. The molecule has 1 heterocycles. The highest BCUT2D eigenvalue weighted by Crippen LogP contribution is 2.24. The fourth-order valence-corrected chi connectivity index (χ4v) is 0.971. The molecule has 74 valence electrons. The van der Waals surface area contributed by atoms with Crippen molar-refractivity contribution in [2.75, 3.05) is 7.05 Å². The van der Waals surface area contributed by atoms with E-state index < -0.39 is 6.36 Å². The van der Waals surface area contributed by atoms with Crippen LogP contribution in [0.2, 0.25) is 0 Å². The zero-order valence-corrected chi connectivity index (χ0v) is 7.30. The van der Waals surface area contributed by atoms with Gasteiger partial charge in [0, 0.05) is 13.1 Å². The highest BCUT2D eigenvalue weighted by atomic mass is 19.4. The predicted molar refractivity (Wildman–Crippen MR) is 41.6 cm³/mol. The van der Waals surface area contributed by atoms with Crippen molar-refractivity contribution in [3.63, 3.8) is 0 Å². The van der Waals surface area contributed by atoms with Crippen molar-refractivity contribution >= 4 is 0 Å². The number of allylic oxidation sites excluding steroid dienone is 2. The molecule has 0 aliphatic carbocycles. The summed E-state index contributed by atoms with van der Waals surface area (Å²) >= 11 is 0. The third-order valence-corrected chi connectivity index (χ3v) is 1.81. The van der Waals surface area contributed by atoms with Crippen molar-refractivity contribution in [2.45, 2.75) is 19.3 Å². The average Bonchev–Trinajstić information content (AvgIpc) is 1.96. The summed E-state index contributed by atoms with van der Waals surface area (Å²) in [6.07, 6.45) is -0.00649. The largest absolute Gasteiger partial charge is 0.574 e. The van der Waals surface area contributed by atoms with Crippen LogP contribution in [0.15, 0.2) is 24.1 Å². The summed E-state index contributed by atoms with van der Waals surface area (Å²) in [4.78, 5) is 1.41. The molecular formula is C8H10F3NO. The molecule has 13 heavy (non-hydrogen) atoms. The molecule has 0 aromatic heterocycles. The molecule has 0 aromatic carbocycles. The molecule has 1 atom stereocenters. The maximum absolute atomic E-state index is 11.8. The summed E-state index contributed by atoms with van der Waals surface area (Å²) in [6.45, 7) is 1.78. The first kappa shape index (κ1) is 9.95. The van der Waals surface area contributed by atoms with Gasteiger partial charge in [-0.2, -0.15) is 0 Å². The molecule has 5 heteroatoms. The van der Waals surface area contributed by atoms with Crippen LogP contribution in [0, 0.1) is 0 Å². The number of rotatable bonds is 1. The lowest BCUT2D eigenvalue weighted by atomic mass is 10.2. The van der Waals surface area contributed by atoms with Crippen molar-refractivity contribution < 1.29 is 17.9 Å². The minimum absolute atomic E-state index is 0.0812. The Morgan fingerprint density at radius 2 is 2.08 bits per heavy atom. The molecule has 1 aliphatic heterocycles. The number of ether oxygens (including phenoxy) is 1. The molecule has 0 radical (unpaired) electrons. The standard InChI is InChI=1S/C8H10F3NO/c1-6-4-3-5-7(12(6)2)13-8(9,10)11/h3-6H,1-2H3. The normalized spacial score (nSPS) is 23.0. The van der Waals surface area contributed by atoms with Gasteiger partial charge in [-0.05, 0) is 13.0 Å². The molecule has 0 bridgehead atoms. The number of likely N-dealkylation sites (N-methyl/N-ethyl adjacent to an activating group) is 1. The summed E-state index contributed by atoms with van der Waals surface area (Å²) in [6, 6.07) is -0.0812. The van der Waals surface area contributed by atoms with Gasteiger partial charge in [0.2, 0.25) is 0 Å². The minimum atomic E-state index is -4.62. The Labute approximate surface area is 74.3 Å². The number of hydrogen-bond donors (Lipinski definition) is 0. The molecule has 1 rings (SSSR count). The molecule has 0 saturated carbocycles. The lowest BCUT2D eigenvalue weighted by molar-refractivity contribution is -0.314. The van der Waals surface area contributed by atoms with Gasteiger partial charge < -0.3 is 9.64 Å². The number of alkyl halides is 3. The summed E-state index contributed by atoms with van der Waals surface area (Å²) in [5.41, 5.74) is 0. The molecule has 0 amide bonds. The Bertz CT molecular complexity index is 244. The van der Waals surface area contributed by atoms with Gasteiger partial charge >= 0.3 is 6.36 Å². The van der Waals surface area contributed by atoms with E-state index in [1.165, 1.54) is 11.0 Å². The maximum Gasteiger partial charge on any atom is 0.574 e. The van der Waals surface area contributed by atoms with Crippen molar-refractivity contribution in [3.05, 3.63) is 24.1 Å². The van der Waals surface area contributed by atoms with E-state index in [4.69, 9.17) is 0 Å². The van der Waals surface area contributed by atoms with E-state index in [9.17, 15) is 13.2 Å². The lowest BCUT2D eigenvalue weighted by Gasteiger charge is -2.29. The fourth-order valence-electron chi connectivity index (χ4n) is 0.971. The van der Waals surface area contributed by atoms with Crippen LogP contribution in [0.1, 0.15) is 6.92 Å². The second-order valence-electron chi connectivity index (χ2n) is 2.79. The summed E-state index contributed by atoms with van der Waals surface area (Å²) in [7, 11) is 1.55. The van der Waals surface area contributed by atoms with Crippen molar-refractivity contribution in [1.82, 2.24) is 4.90 Å². The summed E-state index contributed by atoms with van der Waals surface area (Å²) < 4.78 is 39.3. The van der Waals surface area contributed by atoms with Crippen LogP contribution in [0.5, 0.6) is 0 Å². The molecule has 0 fully saturated rings. The van der Waals surface area contributed by atoms with E-state index in [2.05, 4.69) is 4.74 Å². The van der Waals surface area contributed by atoms with Crippen molar-refractivity contribution in [2.24, 2.45) is 0 Å². The molecular weight excluding hydrogens is 183 g/mol. The molecule has 0 N–H and O–H groups in total. The van der Waals surface area contributed by atoms with Gasteiger partial charge in [0.15, 0.2) is 5.88 Å². The predicted octanol–water partition coefficient (Wildman–Crippen LogP) is 2.25. The molecule has 0 saturated heterocycles. The molecule has 0 aromatic rings. The van der Waals surface area contributed by atoms with Gasteiger partial charge in [-0.3, -0.25) is 0 Å². The van der Waals surface area contributed by atoms with Crippen LogP contribution in [0.3, 0.4) is 0 Å². The molecule has 2 nitrogen and oxygen atoms in total. The van der Waals surface area contributed by atoms with Gasteiger partial charge in [-0.25, -0.2) is 0 Å². The van der Waals surface area contributed by atoms with E-state index >= 15 is 0 Å². The van der Waals surface area contributed by atoms with Crippen LogP contribution in [0.4, 0.5) is 13.2 Å². The minimum Gasteiger partial charge on any atom is -0.390 e. The topological polar surface area (TPSA) is 12.5 Å². The monoisotopic (exact) mass is 193 g/mol. The highest BCUT2D eigenvalue weighted by molar-refractivity contribution is 5.16. The fraction of sp³-hybridized carbons (Fsp3) is 0.500. The number of halogens is 3. The summed E-state index contributed by atoms with van der Waals surface area (Å²) in [5, 5.41) is 0. The van der Waals surface area contributed by atoms with E-state index in [1.54, 1.807) is 26.1 Å². The first-order valence-corrected chi connectivity index (χ1v) is 3.77. The SMILES string of the molecule is CC1C=CC=C(OC(F)(F)F)N1C. The van der Waals surface area contributed by atoms with Gasteiger partial charge in [0.25, 0.3) is 0 Å². The molecule has 1 unspecified atom stereocenters. The van der Waals surface area contributed by atoms with Gasteiger partial charge in [0.1, 0.15) is 0 Å². The summed E-state index contributed by atoms with van der Waals surface area (Å²) in [5.74, 6) is -0.178. The lowest BCUT2D eigenvalue weighted by Crippen LogP contribution is -2.32. The van der Waals surface area contributed by atoms with E-state index in [-0.39, 0.29) is 11.9 Å². The van der Waals surface area contributed by atoms with Crippen LogP contribution >= 0.6 is 0 Å². The number of nitrogens with zero attached hydrogens (tertiary/aromatic N) is 1. The third-order valence-electron chi connectivity index (χ3n) is 1.81. The first-order valence-electron chi connectivity index (χ1n) is 3.77. The highest BCUT2D eigenvalue weighted by Gasteiger charge is 2.34. The Morgan fingerprint density at radius 3 is 2.62 bits per heavy atom. The first-order chi connectivity index (χ1) is 5.90. The van der Waals surface area contributed by atoms with Crippen LogP contribution in [0.25, 0.3) is 0 Å². The van der Waals surface area contributed by atoms with Crippen LogP contribution in [-0.2, 0) is 4.74 Å². The maximum atomic E-state index is 11.8. The van der Waals surface area contributed by atoms with Gasteiger partial charge in [-0.1, -0.05) is 12.2 Å². The van der Waals surface area contributed by atoms with Crippen molar-refractivity contribution in [1.29, 1.82) is 0 Å². The quantitative estimate of drug-likeness (QED) is 0.633. The second kappa shape index (κ2) is 3.32. The zero-order valence-electron chi connectivity index (χ0n) is 7.30. The van der Waals surface area contributed by atoms with E-state index in [0.29, 0.717) is 0 Å². The van der Waals surface area contributed by atoms with Gasteiger partial charge in [-0.15, -0.1) is 13.2 Å². The number of hydrogen-bond acceptors (Lipinski definition) is 2. The van der Waals surface area contributed by atoms with Crippen LogP contribution < -0.4 is 0 Å². The Hall–Kier alpha value is -1.13. The third kappa shape index (κ3) is 2.68. The Balaban J connectivity index is 2.69. The molecule has 0 spiro atoms. The Morgan fingerprint density at radius 1 is 1.46 bits per heavy atom. The zero-order chi connectivity index (χ0) is 10.1. The average molecular weight is 193 g/mol. The van der Waals surface area contributed by atoms with Gasteiger partial charge in [0.05, 0.1) is 0 Å². The second-order valence-corrected chi connectivity index (χ2v) is 2.79. The van der Waals surface area contributed by atoms with E-state index in [0.717, 1.165) is 0 Å². The molecule has 1 aliphatic rings. The Kier molecular flexibility index (Phi) is 2.54. The van der Waals surface area contributed by atoms with Crippen molar-refractivity contribution in [3.8, 4) is 0 Å². The van der Waals surface area contributed by atoms with E-state index in [1.807, 2.05) is 0 Å².